The van der Waals surface area contributed by atoms with Gasteiger partial charge in [-0.2, -0.15) is 4.89 Å². The van der Waals surface area contributed by atoms with E-state index in [1.165, 1.54) is 7.11 Å². The lowest BCUT2D eigenvalue weighted by Crippen LogP contribution is -2.33. The van der Waals surface area contributed by atoms with Crippen molar-refractivity contribution in [3.8, 4) is 0 Å². The summed E-state index contributed by atoms with van der Waals surface area (Å²) in [7, 11) is 1.28. The number of carbonyl (C=O) groups excluding carboxylic acids is 1. The normalized spacial score (nSPS) is 13.2. The zero-order valence-electron chi connectivity index (χ0n) is 7.16. The van der Waals surface area contributed by atoms with Gasteiger partial charge in [0.15, 0.2) is 0 Å². The summed E-state index contributed by atoms with van der Waals surface area (Å²) in [5.41, 5.74) is 5.45. The average Bonchev–Trinajstić information content (AvgIpc) is 1.86. The molecule has 66 valence electrons. The molecule has 0 saturated carbocycles. The van der Waals surface area contributed by atoms with Crippen LogP contribution in [0.25, 0.3) is 0 Å². The Labute approximate surface area is 66.6 Å². The first kappa shape index (κ1) is 10.4. The quantitative estimate of drug-likeness (QED) is 0.480. The highest BCUT2D eigenvalue weighted by Crippen LogP contribution is 2.03. The van der Waals surface area contributed by atoms with E-state index in [0.29, 0.717) is 12.3 Å². The van der Waals surface area contributed by atoms with Crippen molar-refractivity contribution in [3.63, 3.8) is 0 Å². The van der Waals surface area contributed by atoms with E-state index in [1.807, 2.05) is 13.8 Å². The summed E-state index contributed by atoms with van der Waals surface area (Å²) >= 11 is 0. The van der Waals surface area contributed by atoms with E-state index in [1.54, 1.807) is 0 Å². The molecule has 11 heavy (non-hydrogen) atoms. The summed E-state index contributed by atoms with van der Waals surface area (Å²) in [6.45, 7) is 3.97. The van der Waals surface area contributed by atoms with Crippen LogP contribution in [0.2, 0.25) is 0 Å². The highest BCUT2D eigenvalue weighted by molar-refractivity contribution is 5.74. The Morgan fingerprint density at radius 3 is 2.45 bits per heavy atom. The smallest absolute Gasteiger partial charge is 0.318 e. The number of nitrogens with two attached hydrogens (primary N) is 1. The van der Waals surface area contributed by atoms with E-state index in [9.17, 15) is 4.79 Å². The minimum absolute atomic E-state index is 0.384. The van der Waals surface area contributed by atoms with Crippen molar-refractivity contribution in [2.24, 2.45) is 11.7 Å². The number of carbonyl (C=O) groups is 1. The highest BCUT2D eigenvalue weighted by Gasteiger charge is 2.16. The van der Waals surface area contributed by atoms with E-state index >= 15 is 0 Å². The van der Waals surface area contributed by atoms with Crippen LogP contribution < -0.4 is 5.73 Å². The van der Waals surface area contributed by atoms with Gasteiger partial charge in [-0.15, -0.1) is 0 Å². The molecule has 0 rings (SSSR count). The molecule has 0 unspecified atom stereocenters. The van der Waals surface area contributed by atoms with Gasteiger partial charge >= 0.3 is 5.97 Å². The van der Waals surface area contributed by atoms with Gasteiger partial charge in [-0.05, 0) is 12.3 Å². The van der Waals surface area contributed by atoms with E-state index < -0.39 is 12.0 Å². The summed E-state index contributed by atoms with van der Waals surface area (Å²) in [6, 6.07) is -0.574. The average molecular weight is 161 g/mol. The second kappa shape index (κ2) is 5.09. The Bertz CT molecular complexity index is 125. The van der Waals surface area contributed by atoms with Gasteiger partial charge in [0.25, 0.3) is 0 Å². The second-order valence-electron chi connectivity index (χ2n) is 2.81. The Morgan fingerprint density at radius 2 is 2.09 bits per heavy atom. The maximum atomic E-state index is 10.8. The molecule has 4 nitrogen and oxygen atoms in total. The molecule has 0 spiro atoms. The molecular formula is C7H15NO3. The summed E-state index contributed by atoms with van der Waals surface area (Å²) < 4.78 is 0. The van der Waals surface area contributed by atoms with Gasteiger partial charge in [0.05, 0.1) is 7.11 Å². The molecule has 0 amide bonds. The molecule has 0 aliphatic heterocycles. The predicted molar refractivity (Wildman–Crippen MR) is 40.5 cm³/mol. The maximum Gasteiger partial charge on any atom is 0.358 e. The van der Waals surface area contributed by atoms with Crippen LogP contribution in [-0.4, -0.2) is 19.1 Å². The van der Waals surface area contributed by atoms with Gasteiger partial charge in [0, 0.05) is 0 Å². The van der Waals surface area contributed by atoms with Crippen molar-refractivity contribution in [1.29, 1.82) is 0 Å². The van der Waals surface area contributed by atoms with Crippen LogP contribution in [0.1, 0.15) is 20.3 Å². The Hall–Kier alpha value is -0.610. The molecule has 4 heteroatoms. The lowest BCUT2D eigenvalue weighted by molar-refractivity contribution is -0.256. The fourth-order valence-corrected chi connectivity index (χ4v) is 0.748. The van der Waals surface area contributed by atoms with Gasteiger partial charge in [-0.1, -0.05) is 13.8 Å². The molecule has 0 aromatic heterocycles. The Kier molecular flexibility index (Phi) is 4.81. The van der Waals surface area contributed by atoms with Crippen molar-refractivity contribution in [3.05, 3.63) is 0 Å². The molecule has 0 radical (unpaired) electrons. The van der Waals surface area contributed by atoms with Gasteiger partial charge < -0.3 is 5.73 Å². The first-order chi connectivity index (χ1) is 5.07. The van der Waals surface area contributed by atoms with Crippen LogP contribution in [0, 0.1) is 5.92 Å². The van der Waals surface area contributed by atoms with Crippen molar-refractivity contribution >= 4 is 5.97 Å². The van der Waals surface area contributed by atoms with Gasteiger partial charge in [0.1, 0.15) is 6.04 Å². The summed E-state index contributed by atoms with van der Waals surface area (Å²) in [5.74, 6) is -0.129. The van der Waals surface area contributed by atoms with Crippen molar-refractivity contribution < 1.29 is 14.6 Å². The number of hydrogen-bond donors (Lipinski definition) is 1. The van der Waals surface area contributed by atoms with Crippen LogP contribution >= 0.6 is 0 Å². The molecule has 0 bridgehead atoms. The van der Waals surface area contributed by atoms with E-state index in [4.69, 9.17) is 5.73 Å². The van der Waals surface area contributed by atoms with E-state index in [2.05, 4.69) is 9.78 Å². The molecule has 0 aliphatic carbocycles. The molecule has 0 saturated heterocycles. The third-order valence-electron chi connectivity index (χ3n) is 1.19. The summed E-state index contributed by atoms with van der Waals surface area (Å²) in [6.07, 6.45) is 0.613. The van der Waals surface area contributed by atoms with Crippen LogP contribution in [0.3, 0.4) is 0 Å². The molecule has 0 heterocycles. The van der Waals surface area contributed by atoms with Crippen LogP contribution in [0.5, 0.6) is 0 Å². The molecule has 0 aliphatic rings. The van der Waals surface area contributed by atoms with Gasteiger partial charge in [-0.25, -0.2) is 4.79 Å². The van der Waals surface area contributed by atoms with E-state index in [-0.39, 0.29) is 0 Å². The molecule has 1 atom stereocenters. The lowest BCUT2D eigenvalue weighted by Gasteiger charge is -2.10. The number of rotatable bonds is 4. The van der Waals surface area contributed by atoms with Crippen LogP contribution in [0.4, 0.5) is 0 Å². The molecular weight excluding hydrogens is 146 g/mol. The molecule has 0 aromatic rings. The highest BCUT2D eigenvalue weighted by atomic mass is 17.2. The minimum atomic E-state index is -0.574. The van der Waals surface area contributed by atoms with Crippen molar-refractivity contribution in [1.82, 2.24) is 0 Å². The Morgan fingerprint density at radius 1 is 1.55 bits per heavy atom. The first-order valence-corrected chi connectivity index (χ1v) is 3.58. The lowest BCUT2D eigenvalue weighted by atomic mass is 10.1. The molecule has 2 N–H and O–H groups in total. The number of hydrogen-bond acceptors (Lipinski definition) is 4. The summed E-state index contributed by atoms with van der Waals surface area (Å²) in [4.78, 5) is 19.2. The SMILES string of the molecule is COOC(=O)[C@@H](N)CC(C)C. The first-order valence-electron chi connectivity index (χ1n) is 3.58. The molecule has 0 aromatic carbocycles. The standard InChI is InChI=1S/C7H15NO3/c1-5(2)4-6(8)7(9)11-10-3/h5-6H,4,8H2,1-3H3/t6-/m0/s1. The summed E-state index contributed by atoms with van der Waals surface area (Å²) in [5, 5.41) is 0. The Balaban J connectivity index is 3.64. The zero-order valence-corrected chi connectivity index (χ0v) is 7.16. The van der Waals surface area contributed by atoms with Crippen molar-refractivity contribution in [2.75, 3.05) is 7.11 Å². The minimum Gasteiger partial charge on any atom is -0.318 e. The fraction of sp³-hybridized carbons (Fsp3) is 0.857. The molecule has 0 fully saturated rings. The topological polar surface area (TPSA) is 61.5 Å². The fourth-order valence-electron chi connectivity index (χ4n) is 0.748. The third-order valence-corrected chi connectivity index (χ3v) is 1.19. The van der Waals surface area contributed by atoms with Crippen LogP contribution in [-0.2, 0) is 14.6 Å². The van der Waals surface area contributed by atoms with Gasteiger partial charge in [-0.3, -0.25) is 4.89 Å². The largest absolute Gasteiger partial charge is 0.358 e. The van der Waals surface area contributed by atoms with E-state index in [0.717, 1.165) is 0 Å². The van der Waals surface area contributed by atoms with Crippen molar-refractivity contribution in [2.45, 2.75) is 26.3 Å². The van der Waals surface area contributed by atoms with Gasteiger partial charge in [0.2, 0.25) is 0 Å². The monoisotopic (exact) mass is 161 g/mol. The van der Waals surface area contributed by atoms with Crippen LogP contribution in [0.15, 0.2) is 0 Å². The maximum absolute atomic E-state index is 10.8. The third kappa shape index (κ3) is 4.75. The predicted octanol–water partition coefficient (Wildman–Crippen LogP) is 0.464. The second-order valence-corrected chi connectivity index (χ2v) is 2.81. The zero-order chi connectivity index (χ0) is 8.85.